The van der Waals surface area contributed by atoms with Gasteiger partial charge in [-0.1, -0.05) is 6.07 Å². The van der Waals surface area contributed by atoms with Gasteiger partial charge in [-0.2, -0.15) is 0 Å². The molecule has 0 spiro atoms. The predicted molar refractivity (Wildman–Crippen MR) is 86.5 cm³/mol. The van der Waals surface area contributed by atoms with Crippen LogP contribution in [-0.2, 0) is 11.2 Å². The maximum absolute atomic E-state index is 12.0. The highest BCUT2D eigenvalue weighted by molar-refractivity contribution is 7.09. The van der Waals surface area contributed by atoms with Gasteiger partial charge >= 0.3 is 5.97 Å². The van der Waals surface area contributed by atoms with E-state index in [9.17, 15) is 4.79 Å². The van der Waals surface area contributed by atoms with Gasteiger partial charge in [0.2, 0.25) is 0 Å². The molecule has 0 aromatic carbocycles. The summed E-state index contributed by atoms with van der Waals surface area (Å²) in [6.07, 6.45) is 4.76. The molecule has 1 fully saturated rings. The minimum absolute atomic E-state index is 0.345. The van der Waals surface area contributed by atoms with Crippen molar-refractivity contribution < 1.29 is 9.53 Å². The Kier molecular flexibility index (Phi) is 4.68. The zero-order chi connectivity index (χ0) is 15.4. The van der Waals surface area contributed by atoms with Gasteiger partial charge in [0.1, 0.15) is 17.2 Å². The molecule has 116 valence electrons. The van der Waals surface area contributed by atoms with Gasteiger partial charge in [-0.3, -0.25) is 0 Å². The molecule has 2 aromatic heterocycles. The summed E-state index contributed by atoms with van der Waals surface area (Å²) < 4.78 is 5.08. The third kappa shape index (κ3) is 3.62. The Bertz CT molecular complexity index is 639. The van der Waals surface area contributed by atoms with Crippen LogP contribution in [0.5, 0.6) is 0 Å². The Hall–Kier alpha value is -1.95. The van der Waals surface area contributed by atoms with E-state index >= 15 is 0 Å². The molecular weight excluding hydrogens is 298 g/mol. The minimum atomic E-state index is -0.372. The van der Waals surface area contributed by atoms with Crippen LogP contribution in [0.25, 0.3) is 0 Å². The van der Waals surface area contributed by atoms with Crippen molar-refractivity contribution in [3.8, 4) is 0 Å². The highest BCUT2D eigenvalue weighted by atomic mass is 32.1. The molecule has 2 heterocycles. The van der Waals surface area contributed by atoms with Gasteiger partial charge in [-0.25, -0.2) is 14.8 Å². The quantitative estimate of drug-likeness (QED) is 0.794. The standard InChI is InChI=1S/C16H19N3O2S/c1-2-21-16(20)13-10-18-14(11-5-6-11)19-15(13)17-8-7-12-4-3-9-22-12/h3-4,9-11H,2,5-8H2,1H3,(H,17,18,19). The van der Waals surface area contributed by atoms with Gasteiger partial charge in [0.25, 0.3) is 0 Å². The first-order chi connectivity index (χ1) is 10.8. The van der Waals surface area contributed by atoms with Crippen molar-refractivity contribution in [3.63, 3.8) is 0 Å². The van der Waals surface area contributed by atoms with Crippen molar-refractivity contribution in [2.75, 3.05) is 18.5 Å². The topological polar surface area (TPSA) is 64.1 Å². The third-order valence-corrected chi connectivity index (χ3v) is 4.43. The molecule has 0 amide bonds. The van der Waals surface area contributed by atoms with Crippen LogP contribution in [0.1, 0.15) is 46.7 Å². The summed E-state index contributed by atoms with van der Waals surface area (Å²) in [5, 5.41) is 5.33. The fraction of sp³-hybridized carbons (Fsp3) is 0.438. The lowest BCUT2D eigenvalue weighted by Gasteiger charge is -2.11. The number of esters is 1. The van der Waals surface area contributed by atoms with Gasteiger partial charge in [-0.05, 0) is 37.6 Å². The summed E-state index contributed by atoms with van der Waals surface area (Å²) in [5.74, 6) is 1.50. The van der Waals surface area contributed by atoms with Gasteiger partial charge in [0.15, 0.2) is 0 Å². The molecule has 3 rings (SSSR count). The molecule has 2 aromatic rings. The van der Waals surface area contributed by atoms with Crippen LogP contribution in [-0.4, -0.2) is 29.1 Å². The summed E-state index contributed by atoms with van der Waals surface area (Å²) in [6, 6.07) is 4.15. The molecule has 1 aliphatic carbocycles. The highest BCUT2D eigenvalue weighted by Gasteiger charge is 2.28. The van der Waals surface area contributed by atoms with E-state index in [4.69, 9.17) is 4.74 Å². The molecule has 0 saturated heterocycles. The molecule has 5 nitrogen and oxygen atoms in total. The number of nitrogens with one attached hydrogen (secondary N) is 1. The van der Waals surface area contributed by atoms with E-state index in [1.54, 1.807) is 24.5 Å². The second kappa shape index (κ2) is 6.87. The molecule has 0 atom stereocenters. The lowest BCUT2D eigenvalue weighted by molar-refractivity contribution is 0.0526. The Balaban J connectivity index is 1.72. The highest BCUT2D eigenvalue weighted by Crippen LogP contribution is 2.38. The van der Waals surface area contributed by atoms with Crippen molar-refractivity contribution in [2.45, 2.75) is 32.1 Å². The Morgan fingerprint density at radius 1 is 1.50 bits per heavy atom. The molecule has 6 heteroatoms. The molecule has 0 aliphatic heterocycles. The maximum atomic E-state index is 12.0. The van der Waals surface area contributed by atoms with Crippen LogP contribution in [0.2, 0.25) is 0 Å². The molecule has 1 aliphatic rings. The SMILES string of the molecule is CCOC(=O)c1cnc(C2CC2)nc1NCCc1cccs1. The van der Waals surface area contributed by atoms with E-state index < -0.39 is 0 Å². The summed E-state index contributed by atoms with van der Waals surface area (Å²) in [4.78, 5) is 22.2. The van der Waals surface area contributed by atoms with E-state index in [-0.39, 0.29) is 5.97 Å². The fourth-order valence-electron chi connectivity index (χ4n) is 2.19. The average molecular weight is 317 g/mol. The monoisotopic (exact) mass is 317 g/mol. The van der Waals surface area contributed by atoms with Crippen LogP contribution in [0.15, 0.2) is 23.7 Å². The van der Waals surface area contributed by atoms with Crippen LogP contribution in [0, 0.1) is 0 Å². The Labute approximate surface area is 133 Å². The van der Waals surface area contributed by atoms with Crippen LogP contribution < -0.4 is 5.32 Å². The lowest BCUT2D eigenvalue weighted by atomic mass is 10.2. The first kappa shape index (κ1) is 15.0. The van der Waals surface area contributed by atoms with Crippen molar-refractivity contribution in [1.82, 2.24) is 9.97 Å². The molecule has 1 N–H and O–H groups in total. The third-order valence-electron chi connectivity index (χ3n) is 3.49. The number of carbonyl (C=O) groups is 1. The van der Waals surface area contributed by atoms with Gasteiger partial charge in [-0.15, -0.1) is 11.3 Å². The molecule has 1 saturated carbocycles. The van der Waals surface area contributed by atoms with Crippen molar-refractivity contribution in [2.24, 2.45) is 0 Å². The maximum Gasteiger partial charge on any atom is 0.343 e. The number of rotatable bonds is 7. The summed E-state index contributed by atoms with van der Waals surface area (Å²) in [6.45, 7) is 2.87. The fourth-order valence-corrected chi connectivity index (χ4v) is 2.89. The van der Waals surface area contributed by atoms with Crippen LogP contribution in [0.3, 0.4) is 0 Å². The Morgan fingerprint density at radius 2 is 2.36 bits per heavy atom. The molecule has 0 bridgehead atoms. The normalized spacial score (nSPS) is 13.9. The molecule has 0 radical (unpaired) electrons. The Morgan fingerprint density at radius 3 is 3.05 bits per heavy atom. The smallest absolute Gasteiger partial charge is 0.343 e. The van der Waals surface area contributed by atoms with Gasteiger partial charge < -0.3 is 10.1 Å². The summed E-state index contributed by atoms with van der Waals surface area (Å²) in [5.41, 5.74) is 0.414. The molecule has 22 heavy (non-hydrogen) atoms. The zero-order valence-electron chi connectivity index (χ0n) is 12.5. The summed E-state index contributed by atoms with van der Waals surface area (Å²) >= 11 is 1.73. The van der Waals surface area contributed by atoms with Gasteiger partial charge in [0.05, 0.1) is 6.61 Å². The number of hydrogen-bond acceptors (Lipinski definition) is 6. The number of hydrogen-bond donors (Lipinski definition) is 1. The second-order valence-electron chi connectivity index (χ2n) is 5.24. The zero-order valence-corrected chi connectivity index (χ0v) is 13.4. The molecular formula is C16H19N3O2S. The van der Waals surface area contributed by atoms with Crippen molar-refractivity contribution in [3.05, 3.63) is 40.0 Å². The van der Waals surface area contributed by atoms with E-state index in [0.29, 0.717) is 23.9 Å². The number of aromatic nitrogens is 2. The van der Waals surface area contributed by atoms with E-state index in [1.165, 1.54) is 4.88 Å². The van der Waals surface area contributed by atoms with Crippen LogP contribution >= 0.6 is 11.3 Å². The first-order valence-electron chi connectivity index (χ1n) is 7.58. The number of thiophene rings is 1. The number of nitrogens with zero attached hydrogens (tertiary/aromatic N) is 2. The number of anilines is 1. The van der Waals surface area contributed by atoms with Crippen molar-refractivity contribution in [1.29, 1.82) is 0 Å². The van der Waals surface area contributed by atoms with E-state index in [2.05, 4.69) is 26.7 Å². The minimum Gasteiger partial charge on any atom is -0.462 e. The first-order valence-corrected chi connectivity index (χ1v) is 8.46. The predicted octanol–water partition coefficient (Wildman–Crippen LogP) is 3.25. The number of ether oxygens (including phenoxy) is 1. The van der Waals surface area contributed by atoms with Crippen LogP contribution in [0.4, 0.5) is 5.82 Å². The van der Waals surface area contributed by atoms with E-state index in [1.807, 2.05) is 6.07 Å². The molecule has 0 unspecified atom stereocenters. The second-order valence-corrected chi connectivity index (χ2v) is 6.27. The van der Waals surface area contributed by atoms with Gasteiger partial charge in [0, 0.05) is 23.5 Å². The summed E-state index contributed by atoms with van der Waals surface area (Å²) in [7, 11) is 0. The average Bonchev–Trinajstić information content (AvgIpc) is 3.25. The number of carbonyl (C=O) groups excluding carboxylic acids is 1. The van der Waals surface area contributed by atoms with Crippen molar-refractivity contribution >= 4 is 23.1 Å². The van der Waals surface area contributed by atoms with E-state index in [0.717, 1.165) is 31.6 Å². The lowest BCUT2D eigenvalue weighted by Crippen LogP contribution is -2.15. The largest absolute Gasteiger partial charge is 0.462 e.